The van der Waals surface area contributed by atoms with Gasteiger partial charge in [-0.25, -0.2) is 4.79 Å². The molecule has 1 aliphatic heterocycles. The number of hydrogen-bond acceptors (Lipinski definition) is 4. The number of carboxylic acids is 1. The normalized spacial score (nSPS) is 13.1. The molecule has 3 rings (SSSR count). The van der Waals surface area contributed by atoms with E-state index in [4.69, 9.17) is 5.11 Å². The number of nitrogens with zero attached hydrogens (tertiary/aromatic N) is 1. The molecule has 0 aromatic heterocycles. The summed E-state index contributed by atoms with van der Waals surface area (Å²) in [7, 11) is 0. The van der Waals surface area contributed by atoms with Crippen LogP contribution in [0.15, 0.2) is 42.5 Å². The summed E-state index contributed by atoms with van der Waals surface area (Å²) in [4.78, 5) is 49.6. The van der Waals surface area contributed by atoms with Gasteiger partial charge in [-0.05, 0) is 42.3 Å². The van der Waals surface area contributed by atoms with Gasteiger partial charge in [0, 0.05) is 17.8 Å². The lowest BCUT2D eigenvalue weighted by atomic mass is 10.1. The molecule has 2 N–H and O–H groups in total. The highest BCUT2D eigenvalue weighted by atomic mass is 16.4. The maximum atomic E-state index is 12.5. The molecule has 0 bridgehead atoms. The van der Waals surface area contributed by atoms with Crippen LogP contribution in [0.5, 0.6) is 0 Å². The maximum absolute atomic E-state index is 12.5. The summed E-state index contributed by atoms with van der Waals surface area (Å²) in [6.07, 6.45) is 0. The fourth-order valence-corrected chi connectivity index (χ4v) is 2.90. The van der Waals surface area contributed by atoms with Gasteiger partial charge in [0.25, 0.3) is 17.7 Å². The van der Waals surface area contributed by atoms with E-state index in [1.54, 1.807) is 6.07 Å². The Kier molecular flexibility index (Phi) is 4.77. The van der Waals surface area contributed by atoms with Gasteiger partial charge in [0.15, 0.2) is 0 Å². The lowest BCUT2D eigenvalue weighted by Gasteiger charge is -2.15. The molecule has 0 saturated carbocycles. The van der Waals surface area contributed by atoms with Crippen LogP contribution >= 0.6 is 0 Å². The van der Waals surface area contributed by atoms with Crippen LogP contribution in [0.1, 0.15) is 55.3 Å². The van der Waals surface area contributed by atoms with Crippen molar-refractivity contribution in [3.05, 3.63) is 64.7 Å². The second kappa shape index (κ2) is 7.03. The number of benzene rings is 2. The number of anilines is 1. The monoisotopic (exact) mass is 366 g/mol. The van der Waals surface area contributed by atoms with Crippen LogP contribution in [0, 0.1) is 5.92 Å². The second-order valence-corrected chi connectivity index (χ2v) is 6.72. The average molecular weight is 366 g/mol. The van der Waals surface area contributed by atoms with Crippen LogP contribution in [0.3, 0.4) is 0 Å². The topological polar surface area (TPSA) is 104 Å². The Bertz CT molecular complexity index is 965. The van der Waals surface area contributed by atoms with Crippen molar-refractivity contribution in [1.29, 1.82) is 0 Å². The first kappa shape index (κ1) is 18.3. The minimum Gasteiger partial charge on any atom is -0.478 e. The van der Waals surface area contributed by atoms with Gasteiger partial charge in [0.05, 0.1) is 16.7 Å². The molecule has 7 nitrogen and oxygen atoms in total. The summed E-state index contributed by atoms with van der Waals surface area (Å²) >= 11 is 0. The SMILES string of the molecule is CC(C)CN1C(=O)c2ccc(C(=O)Nc3cccc(C(=O)O)c3)cc2C1=O. The largest absolute Gasteiger partial charge is 0.478 e. The maximum Gasteiger partial charge on any atom is 0.335 e. The van der Waals surface area contributed by atoms with Crippen molar-refractivity contribution in [2.75, 3.05) is 11.9 Å². The Morgan fingerprint density at radius 1 is 1.00 bits per heavy atom. The van der Waals surface area contributed by atoms with E-state index in [-0.39, 0.29) is 34.1 Å². The summed E-state index contributed by atoms with van der Waals surface area (Å²) < 4.78 is 0. The first-order valence-electron chi connectivity index (χ1n) is 8.43. The molecule has 138 valence electrons. The molecular weight excluding hydrogens is 348 g/mol. The Morgan fingerprint density at radius 3 is 2.37 bits per heavy atom. The smallest absolute Gasteiger partial charge is 0.335 e. The molecular formula is C20H18N2O5. The third-order valence-electron chi connectivity index (χ3n) is 4.15. The van der Waals surface area contributed by atoms with Crippen LogP contribution in [-0.2, 0) is 0 Å². The van der Waals surface area contributed by atoms with E-state index < -0.39 is 17.8 Å². The van der Waals surface area contributed by atoms with Gasteiger partial charge in [-0.2, -0.15) is 0 Å². The molecule has 0 unspecified atom stereocenters. The van der Waals surface area contributed by atoms with Crippen LogP contribution in [0.25, 0.3) is 0 Å². The molecule has 27 heavy (non-hydrogen) atoms. The Balaban J connectivity index is 1.84. The zero-order chi connectivity index (χ0) is 19.7. The van der Waals surface area contributed by atoms with Gasteiger partial charge in [0.2, 0.25) is 0 Å². The van der Waals surface area contributed by atoms with Crippen molar-refractivity contribution in [3.63, 3.8) is 0 Å². The number of carbonyl (C=O) groups is 4. The van der Waals surface area contributed by atoms with Crippen LogP contribution < -0.4 is 5.32 Å². The second-order valence-electron chi connectivity index (χ2n) is 6.72. The van der Waals surface area contributed by atoms with Gasteiger partial charge in [-0.3, -0.25) is 19.3 Å². The van der Waals surface area contributed by atoms with E-state index in [1.165, 1.54) is 41.3 Å². The molecule has 0 saturated heterocycles. The summed E-state index contributed by atoms with van der Waals surface area (Å²) in [5.41, 5.74) is 1.07. The highest BCUT2D eigenvalue weighted by Crippen LogP contribution is 2.25. The molecule has 3 amide bonds. The van der Waals surface area contributed by atoms with E-state index in [9.17, 15) is 19.2 Å². The highest BCUT2D eigenvalue weighted by Gasteiger charge is 2.36. The molecule has 1 heterocycles. The molecule has 1 aliphatic rings. The first-order chi connectivity index (χ1) is 12.8. The number of hydrogen-bond donors (Lipinski definition) is 2. The number of nitrogens with one attached hydrogen (secondary N) is 1. The van der Waals surface area contributed by atoms with Crippen molar-refractivity contribution < 1.29 is 24.3 Å². The van der Waals surface area contributed by atoms with Gasteiger partial charge in [-0.15, -0.1) is 0 Å². The van der Waals surface area contributed by atoms with Gasteiger partial charge in [-0.1, -0.05) is 19.9 Å². The zero-order valence-electron chi connectivity index (χ0n) is 14.9. The van der Waals surface area contributed by atoms with Crippen molar-refractivity contribution in [1.82, 2.24) is 4.90 Å². The number of rotatable bonds is 5. The predicted octanol–water partition coefficient (Wildman–Crippen LogP) is 2.89. The van der Waals surface area contributed by atoms with Crippen molar-refractivity contribution in [2.45, 2.75) is 13.8 Å². The fraction of sp³-hybridized carbons (Fsp3) is 0.200. The number of imide groups is 1. The van der Waals surface area contributed by atoms with E-state index in [1.807, 2.05) is 13.8 Å². The first-order valence-corrected chi connectivity index (χ1v) is 8.43. The van der Waals surface area contributed by atoms with Crippen molar-refractivity contribution in [2.24, 2.45) is 5.92 Å². The van der Waals surface area contributed by atoms with Gasteiger partial charge < -0.3 is 10.4 Å². The molecule has 2 aromatic rings. The Hall–Kier alpha value is -3.48. The van der Waals surface area contributed by atoms with Crippen LogP contribution in [0.4, 0.5) is 5.69 Å². The molecule has 0 radical (unpaired) electrons. The molecule has 7 heteroatoms. The van der Waals surface area contributed by atoms with E-state index in [0.29, 0.717) is 12.2 Å². The number of carboxylic acid groups (broad SMARTS) is 1. The summed E-state index contributed by atoms with van der Waals surface area (Å²) in [5, 5.41) is 11.6. The van der Waals surface area contributed by atoms with Gasteiger partial charge in [0.1, 0.15) is 0 Å². The fourth-order valence-electron chi connectivity index (χ4n) is 2.90. The molecule has 2 aromatic carbocycles. The third-order valence-corrected chi connectivity index (χ3v) is 4.15. The third kappa shape index (κ3) is 3.57. The molecule has 0 fully saturated rings. The minimum absolute atomic E-state index is 0.0480. The van der Waals surface area contributed by atoms with E-state index in [2.05, 4.69) is 5.32 Å². The van der Waals surface area contributed by atoms with Crippen LogP contribution in [0.2, 0.25) is 0 Å². The minimum atomic E-state index is -1.10. The summed E-state index contributed by atoms with van der Waals surface area (Å²) in [6, 6.07) is 10.2. The molecule has 0 spiro atoms. The van der Waals surface area contributed by atoms with E-state index >= 15 is 0 Å². The lowest BCUT2D eigenvalue weighted by molar-refractivity contribution is 0.0633. The van der Waals surface area contributed by atoms with Crippen molar-refractivity contribution in [3.8, 4) is 0 Å². The summed E-state index contributed by atoms with van der Waals surface area (Å²) in [6.45, 7) is 4.14. The Labute approximate surface area is 155 Å². The lowest BCUT2D eigenvalue weighted by Crippen LogP contribution is -2.33. The average Bonchev–Trinajstić information content (AvgIpc) is 2.86. The van der Waals surface area contributed by atoms with Gasteiger partial charge >= 0.3 is 5.97 Å². The quantitative estimate of drug-likeness (QED) is 0.792. The highest BCUT2D eigenvalue weighted by molar-refractivity contribution is 6.22. The number of fused-ring (bicyclic) bond motifs is 1. The standard InChI is InChI=1S/C20H18N2O5/c1-11(2)10-22-18(24)15-7-6-12(9-16(15)19(22)25)17(23)21-14-5-3-4-13(8-14)20(26)27/h3-9,11H,10H2,1-2H3,(H,21,23)(H,26,27). The van der Waals surface area contributed by atoms with Crippen LogP contribution in [-0.4, -0.2) is 40.2 Å². The van der Waals surface area contributed by atoms with Crippen molar-refractivity contribution >= 4 is 29.4 Å². The van der Waals surface area contributed by atoms with E-state index in [0.717, 1.165) is 0 Å². The predicted molar refractivity (Wildman–Crippen MR) is 98.0 cm³/mol. The molecule has 0 atom stereocenters. The summed E-state index contributed by atoms with van der Waals surface area (Å²) in [5.74, 6) is -2.23. The molecule has 0 aliphatic carbocycles. The Morgan fingerprint density at radius 2 is 1.70 bits per heavy atom. The zero-order valence-corrected chi connectivity index (χ0v) is 14.9. The number of aromatic carboxylic acids is 1. The number of amides is 3. The number of carbonyl (C=O) groups excluding carboxylic acids is 3.